The third kappa shape index (κ3) is 5.55. The molecule has 0 saturated carbocycles. The van der Waals surface area contributed by atoms with Crippen molar-refractivity contribution in [3.8, 4) is 5.75 Å². The Morgan fingerprint density at radius 3 is 2.47 bits per heavy atom. The molecule has 8 nitrogen and oxygen atoms in total. The van der Waals surface area contributed by atoms with Gasteiger partial charge in [0.1, 0.15) is 17.3 Å². The van der Waals surface area contributed by atoms with E-state index in [2.05, 4.69) is 42.4 Å². The number of nitrogens with one attached hydrogen (secondary N) is 1. The fourth-order valence-electron chi connectivity index (χ4n) is 2.46. The number of hydrogen-bond donors (Lipinski definition) is 1. The van der Waals surface area contributed by atoms with Crippen LogP contribution in [0.5, 0.6) is 5.75 Å². The maximum Gasteiger partial charge on any atom is 0.433 e. The van der Waals surface area contributed by atoms with Gasteiger partial charge in [-0.1, -0.05) is 12.1 Å². The maximum absolute atomic E-state index is 12.2. The van der Waals surface area contributed by atoms with Gasteiger partial charge in [-0.15, -0.1) is 0 Å². The minimum Gasteiger partial charge on any atom is -0.487 e. The predicted octanol–water partition coefficient (Wildman–Crippen LogP) is 5.36. The normalized spacial score (nSPS) is 10.9. The first-order valence-electron chi connectivity index (χ1n) is 8.58. The topological polar surface area (TPSA) is 107 Å². The molecule has 0 bridgehead atoms. The van der Waals surface area contributed by atoms with Gasteiger partial charge in [-0.2, -0.15) is 5.10 Å². The van der Waals surface area contributed by atoms with Crippen molar-refractivity contribution in [2.45, 2.75) is 13.5 Å². The Morgan fingerprint density at radius 2 is 1.87 bits per heavy atom. The van der Waals surface area contributed by atoms with Gasteiger partial charge in [0.05, 0.1) is 21.2 Å². The molecule has 0 fully saturated rings. The molecule has 2 aromatic carbocycles. The highest BCUT2D eigenvalue weighted by molar-refractivity contribution is 9.11. The summed E-state index contributed by atoms with van der Waals surface area (Å²) in [4.78, 5) is 22.1. The third-order valence-corrected chi connectivity index (χ3v) is 5.07. The minimum atomic E-state index is -0.655. The van der Waals surface area contributed by atoms with Crippen molar-refractivity contribution in [2.24, 2.45) is 5.10 Å². The zero-order chi connectivity index (χ0) is 21.7. The van der Waals surface area contributed by atoms with Crippen LogP contribution in [0.4, 0.5) is 5.88 Å². The van der Waals surface area contributed by atoms with E-state index in [9.17, 15) is 14.9 Å². The lowest BCUT2D eigenvalue weighted by Crippen LogP contribution is -2.17. The number of hydrazone groups is 1. The Hall–Kier alpha value is -2.98. The number of nitro groups is 1. The van der Waals surface area contributed by atoms with Crippen molar-refractivity contribution in [1.29, 1.82) is 0 Å². The molecule has 0 unspecified atom stereocenters. The predicted molar refractivity (Wildman–Crippen MR) is 118 cm³/mol. The molecule has 0 aliphatic rings. The molecule has 0 aliphatic carbocycles. The van der Waals surface area contributed by atoms with Gasteiger partial charge in [-0.25, -0.2) is 5.43 Å². The molecule has 1 aromatic heterocycles. The third-order valence-electron chi connectivity index (χ3n) is 3.89. The Balaban J connectivity index is 1.56. The van der Waals surface area contributed by atoms with E-state index in [-0.39, 0.29) is 5.76 Å². The number of rotatable bonds is 7. The minimum absolute atomic E-state index is 0.155. The Bertz CT molecular complexity index is 1090. The summed E-state index contributed by atoms with van der Waals surface area (Å²) in [6, 6.07) is 13.4. The average Bonchev–Trinajstić information content (AvgIpc) is 3.17. The second-order valence-corrected chi connectivity index (χ2v) is 7.88. The summed E-state index contributed by atoms with van der Waals surface area (Å²) >= 11 is 6.98. The van der Waals surface area contributed by atoms with E-state index in [0.29, 0.717) is 17.9 Å². The lowest BCUT2D eigenvalue weighted by molar-refractivity contribution is -0.402. The molecule has 3 rings (SSSR count). The second kappa shape index (κ2) is 9.68. The summed E-state index contributed by atoms with van der Waals surface area (Å²) in [5.41, 5.74) is 4.73. The smallest absolute Gasteiger partial charge is 0.433 e. The first kappa shape index (κ1) is 21.7. The van der Waals surface area contributed by atoms with Crippen LogP contribution in [0.3, 0.4) is 0 Å². The standard InChI is InChI=1S/C20H15Br2N3O5/c1-12-8-16(21)19(17(22)9-12)29-11-13-2-4-14(5-3-13)20(26)24-23-10-15-6-7-18(30-15)25(27)28/h2-10H,11H2,1H3,(H,24,26)/b23-10-. The molecular formula is C20H15Br2N3O5. The number of nitrogens with zero attached hydrogens (tertiary/aromatic N) is 2. The molecule has 3 aromatic rings. The van der Waals surface area contributed by atoms with Crippen LogP contribution in [0.1, 0.15) is 27.2 Å². The lowest BCUT2D eigenvalue weighted by atomic mass is 10.1. The Morgan fingerprint density at radius 1 is 1.20 bits per heavy atom. The fourth-order valence-corrected chi connectivity index (χ4v) is 4.11. The monoisotopic (exact) mass is 535 g/mol. The molecule has 0 radical (unpaired) electrons. The summed E-state index contributed by atoms with van der Waals surface area (Å²) in [7, 11) is 0. The molecular weight excluding hydrogens is 522 g/mol. The van der Waals surface area contributed by atoms with Gasteiger partial charge in [-0.3, -0.25) is 14.9 Å². The molecule has 1 heterocycles. The van der Waals surface area contributed by atoms with E-state index < -0.39 is 16.7 Å². The van der Waals surface area contributed by atoms with Crippen LogP contribution in [0.2, 0.25) is 0 Å². The van der Waals surface area contributed by atoms with Crippen molar-refractivity contribution in [1.82, 2.24) is 5.43 Å². The fraction of sp³-hybridized carbons (Fsp3) is 0.100. The molecule has 30 heavy (non-hydrogen) atoms. The van der Waals surface area contributed by atoms with E-state index in [1.165, 1.54) is 18.3 Å². The summed E-state index contributed by atoms with van der Waals surface area (Å²) in [5.74, 6) is 0.0342. The number of halogens is 2. The van der Waals surface area contributed by atoms with Gasteiger partial charge < -0.3 is 9.15 Å². The van der Waals surface area contributed by atoms with Crippen molar-refractivity contribution >= 4 is 49.9 Å². The van der Waals surface area contributed by atoms with Crippen molar-refractivity contribution in [3.63, 3.8) is 0 Å². The van der Waals surface area contributed by atoms with Crippen molar-refractivity contribution in [2.75, 3.05) is 0 Å². The number of hydrogen-bond acceptors (Lipinski definition) is 6. The molecule has 0 aliphatic heterocycles. The highest BCUT2D eigenvalue weighted by Crippen LogP contribution is 2.35. The molecule has 154 valence electrons. The highest BCUT2D eigenvalue weighted by atomic mass is 79.9. The Kier molecular flexibility index (Phi) is 7.01. The number of aryl methyl sites for hydroxylation is 1. The first-order valence-corrected chi connectivity index (χ1v) is 10.2. The van der Waals surface area contributed by atoms with Crippen LogP contribution < -0.4 is 10.2 Å². The van der Waals surface area contributed by atoms with Crippen LogP contribution in [-0.2, 0) is 6.61 Å². The number of furan rings is 1. The summed E-state index contributed by atoms with van der Waals surface area (Å²) < 4.78 is 12.5. The molecule has 0 saturated heterocycles. The van der Waals surface area contributed by atoms with Crippen LogP contribution in [-0.4, -0.2) is 17.0 Å². The number of ether oxygens (including phenoxy) is 1. The summed E-state index contributed by atoms with van der Waals surface area (Å²) in [5, 5.41) is 14.3. The SMILES string of the molecule is Cc1cc(Br)c(OCc2ccc(C(=O)N/N=C\c3ccc([N+](=O)[O-])o3)cc2)c(Br)c1. The number of carbonyl (C=O) groups excluding carboxylic acids is 1. The van der Waals surface area contributed by atoms with E-state index in [1.807, 2.05) is 19.1 Å². The van der Waals surface area contributed by atoms with Crippen LogP contribution in [0, 0.1) is 17.0 Å². The zero-order valence-electron chi connectivity index (χ0n) is 15.6. The molecule has 1 N–H and O–H groups in total. The molecule has 10 heteroatoms. The van der Waals surface area contributed by atoms with E-state index in [4.69, 9.17) is 9.15 Å². The maximum atomic E-state index is 12.2. The highest BCUT2D eigenvalue weighted by Gasteiger charge is 2.11. The summed E-state index contributed by atoms with van der Waals surface area (Å²) in [6.07, 6.45) is 1.18. The zero-order valence-corrected chi connectivity index (χ0v) is 18.8. The average molecular weight is 537 g/mol. The van der Waals surface area contributed by atoms with Gasteiger partial charge >= 0.3 is 5.88 Å². The van der Waals surface area contributed by atoms with E-state index >= 15 is 0 Å². The van der Waals surface area contributed by atoms with Gasteiger partial charge in [0.25, 0.3) is 5.91 Å². The number of carbonyl (C=O) groups is 1. The van der Waals surface area contributed by atoms with Crippen LogP contribution >= 0.6 is 31.9 Å². The van der Waals surface area contributed by atoms with Crippen molar-refractivity contribution < 1.29 is 18.9 Å². The number of benzene rings is 2. The van der Waals surface area contributed by atoms with Crippen molar-refractivity contribution in [3.05, 3.63) is 90.0 Å². The first-order chi connectivity index (χ1) is 14.3. The van der Waals surface area contributed by atoms with Gasteiger partial charge in [0.2, 0.25) is 0 Å². The number of amides is 1. The van der Waals surface area contributed by atoms with Gasteiger partial charge in [0, 0.05) is 5.56 Å². The van der Waals surface area contributed by atoms with E-state index in [0.717, 1.165) is 20.1 Å². The molecule has 1 amide bonds. The molecule has 0 atom stereocenters. The second-order valence-electron chi connectivity index (χ2n) is 6.18. The Labute approximate surface area is 188 Å². The lowest BCUT2D eigenvalue weighted by Gasteiger charge is -2.11. The van der Waals surface area contributed by atoms with Gasteiger partial charge in [0.15, 0.2) is 5.76 Å². The molecule has 0 spiro atoms. The van der Waals surface area contributed by atoms with Crippen LogP contribution in [0.15, 0.2) is 67.0 Å². The van der Waals surface area contributed by atoms with Crippen LogP contribution in [0.25, 0.3) is 0 Å². The van der Waals surface area contributed by atoms with Gasteiger partial charge in [-0.05, 0) is 80.2 Å². The largest absolute Gasteiger partial charge is 0.487 e. The quantitative estimate of drug-likeness (QED) is 0.248. The van der Waals surface area contributed by atoms with E-state index in [1.54, 1.807) is 24.3 Å². The summed E-state index contributed by atoms with van der Waals surface area (Å²) in [6.45, 7) is 2.32.